The Bertz CT molecular complexity index is 739. The van der Waals surface area contributed by atoms with E-state index in [1.165, 1.54) is 48.5 Å². The Balaban J connectivity index is 2.05. The van der Waals surface area contributed by atoms with Gasteiger partial charge in [0.1, 0.15) is 12.4 Å². The molecule has 0 amide bonds. The first kappa shape index (κ1) is 17.1. The van der Waals surface area contributed by atoms with Crippen LogP contribution in [0.15, 0.2) is 55.1 Å². The lowest BCUT2D eigenvalue weighted by Gasteiger charge is -2.06. The van der Waals surface area contributed by atoms with E-state index in [4.69, 9.17) is 32.7 Å². The molecule has 118 valence electrons. The molecule has 0 aromatic heterocycles. The number of carbonyl (C=O) groups excluding carboxylic acids is 2. The molecule has 0 heterocycles. The number of hydrogen-bond acceptors (Lipinski definition) is 4. The quantitative estimate of drug-likeness (QED) is 0.450. The third-order valence-corrected chi connectivity index (χ3v) is 3.53. The highest BCUT2D eigenvalue weighted by Crippen LogP contribution is 2.23. The van der Waals surface area contributed by atoms with Crippen LogP contribution in [-0.2, 0) is 4.74 Å². The summed E-state index contributed by atoms with van der Waals surface area (Å²) in [6.45, 7) is 3.59. The van der Waals surface area contributed by atoms with E-state index in [0.717, 1.165) is 0 Å². The van der Waals surface area contributed by atoms with Gasteiger partial charge < -0.3 is 9.47 Å². The average Bonchev–Trinajstić information content (AvgIpc) is 2.55. The van der Waals surface area contributed by atoms with Gasteiger partial charge in [-0.25, -0.2) is 9.59 Å². The van der Waals surface area contributed by atoms with Gasteiger partial charge in [-0.1, -0.05) is 35.9 Å². The number of ether oxygens (including phenoxy) is 2. The fourth-order valence-corrected chi connectivity index (χ4v) is 1.96. The molecule has 2 aromatic rings. The smallest absolute Gasteiger partial charge is 0.343 e. The minimum absolute atomic E-state index is 0.132. The molecule has 0 saturated carbocycles. The van der Waals surface area contributed by atoms with E-state index < -0.39 is 11.9 Å². The molecule has 0 atom stereocenters. The van der Waals surface area contributed by atoms with E-state index in [0.29, 0.717) is 16.3 Å². The SMILES string of the molecule is C=CCOC(=O)c1ccc(OC(=O)c2ccc(Cl)c(Cl)c2)cc1. The van der Waals surface area contributed by atoms with E-state index >= 15 is 0 Å². The summed E-state index contributed by atoms with van der Waals surface area (Å²) in [7, 11) is 0. The zero-order chi connectivity index (χ0) is 16.8. The summed E-state index contributed by atoms with van der Waals surface area (Å²) in [5.74, 6) is -0.765. The van der Waals surface area contributed by atoms with Crippen LogP contribution in [0.4, 0.5) is 0 Å². The number of halogens is 2. The zero-order valence-corrected chi connectivity index (χ0v) is 13.4. The normalized spacial score (nSPS) is 10.0. The van der Waals surface area contributed by atoms with Crippen LogP contribution in [0.3, 0.4) is 0 Å². The van der Waals surface area contributed by atoms with Gasteiger partial charge in [0.2, 0.25) is 0 Å². The van der Waals surface area contributed by atoms with Gasteiger partial charge in [-0.2, -0.15) is 0 Å². The molecule has 0 bridgehead atoms. The molecule has 4 nitrogen and oxygen atoms in total. The molecular formula is C17H12Cl2O4. The van der Waals surface area contributed by atoms with Crippen LogP contribution >= 0.6 is 23.2 Å². The van der Waals surface area contributed by atoms with Crippen molar-refractivity contribution < 1.29 is 19.1 Å². The number of esters is 2. The summed E-state index contributed by atoms with van der Waals surface area (Å²) in [6.07, 6.45) is 1.48. The van der Waals surface area contributed by atoms with Crippen molar-refractivity contribution in [1.82, 2.24) is 0 Å². The standard InChI is InChI=1S/C17H12Cl2O4/c1-2-9-22-16(20)11-3-6-13(7-4-11)23-17(21)12-5-8-14(18)15(19)10-12/h2-8,10H,1,9H2. The summed E-state index contributed by atoms with van der Waals surface area (Å²) in [6, 6.07) is 10.5. The van der Waals surface area contributed by atoms with Crippen molar-refractivity contribution in [2.24, 2.45) is 0 Å². The molecule has 0 spiro atoms. The van der Waals surface area contributed by atoms with Crippen LogP contribution in [0.5, 0.6) is 5.75 Å². The van der Waals surface area contributed by atoms with Crippen LogP contribution in [0, 0.1) is 0 Å². The number of carbonyl (C=O) groups is 2. The Morgan fingerprint density at radius 1 is 0.957 bits per heavy atom. The number of hydrogen-bond donors (Lipinski definition) is 0. The molecule has 23 heavy (non-hydrogen) atoms. The highest BCUT2D eigenvalue weighted by atomic mass is 35.5. The van der Waals surface area contributed by atoms with Crippen molar-refractivity contribution in [1.29, 1.82) is 0 Å². The molecule has 0 radical (unpaired) electrons. The minimum Gasteiger partial charge on any atom is -0.458 e. The zero-order valence-electron chi connectivity index (χ0n) is 11.9. The molecular weight excluding hydrogens is 339 g/mol. The Morgan fingerprint density at radius 3 is 2.22 bits per heavy atom. The Hall–Kier alpha value is -2.30. The van der Waals surface area contributed by atoms with E-state index in [1.807, 2.05) is 0 Å². The lowest BCUT2D eigenvalue weighted by Crippen LogP contribution is -2.09. The fourth-order valence-electron chi connectivity index (χ4n) is 1.67. The van der Waals surface area contributed by atoms with Crippen LogP contribution in [0.2, 0.25) is 10.0 Å². The van der Waals surface area contributed by atoms with Crippen LogP contribution in [-0.4, -0.2) is 18.5 Å². The summed E-state index contributed by atoms with van der Waals surface area (Å²) >= 11 is 11.7. The average molecular weight is 351 g/mol. The minimum atomic E-state index is -0.578. The molecule has 0 N–H and O–H groups in total. The van der Waals surface area contributed by atoms with E-state index in [2.05, 4.69) is 6.58 Å². The van der Waals surface area contributed by atoms with Crippen molar-refractivity contribution in [3.8, 4) is 5.75 Å². The lowest BCUT2D eigenvalue weighted by atomic mass is 10.2. The van der Waals surface area contributed by atoms with Crippen LogP contribution in [0.1, 0.15) is 20.7 Å². The van der Waals surface area contributed by atoms with Gasteiger partial charge in [0.05, 0.1) is 21.2 Å². The monoisotopic (exact) mass is 350 g/mol. The largest absolute Gasteiger partial charge is 0.458 e. The Kier molecular flexibility index (Phi) is 5.79. The Morgan fingerprint density at radius 2 is 1.61 bits per heavy atom. The molecule has 0 fully saturated rings. The molecule has 0 unspecified atom stereocenters. The molecule has 2 rings (SSSR count). The highest BCUT2D eigenvalue weighted by Gasteiger charge is 2.12. The second-order valence-corrected chi connectivity index (χ2v) is 5.24. The van der Waals surface area contributed by atoms with Gasteiger partial charge >= 0.3 is 11.9 Å². The summed E-state index contributed by atoms with van der Waals surface area (Å²) in [4.78, 5) is 23.6. The van der Waals surface area contributed by atoms with E-state index in [-0.39, 0.29) is 17.2 Å². The number of benzene rings is 2. The lowest BCUT2D eigenvalue weighted by molar-refractivity contribution is 0.0549. The molecule has 0 aliphatic heterocycles. The Labute approximate surface area is 143 Å². The van der Waals surface area contributed by atoms with Gasteiger partial charge in [0.25, 0.3) is 0 Å². The van der Waals surface area contributed by atoms with Gasteiger partial charge in [0.15, 0.2) is 0 Å². The van der Waals surface area contributed by atoms with Gasteiger partial charge in [-0.15, -0.1) is 0 Å². The topological polar surface area (TPSA) is 52.6 Å². The summed E-state index contributed by atoms with van der Waals surface area (Å²) in [5, 5.41) is 0.618. The van der Waals surface area contributed by atoms with Crippen molar-refractivity contribution in [2.75, 3.05) is 6.61 Å². The first-order valence-corrected chi connectivity index (χ1v) is 7.32. The van der Waals surface area contributed by atoms with Crippen molar-refractivity contribution in [3.63, 3.8) is 0 Å². The van der Waals surface area contributed by atoms with Gasteiger partial charge in [-0.3, -0.25) is 0 Å². The maximum absolute atomic E-state index is 12.0. The summed E-state index contributed by atoms with van der Waals surface area (Å²) in [5.41, 5.74) is 0.620. The molecule has 0 saturated heterocycles. The molecule has 2 aromatic carbocycles. The fraction of sp³-hybridized carbons (Fsp3) is 0.0588. The predicted molar refractivity (Wildman–Crippen MR) is 88.3 cm³/mol. The summed E-state index contributed by atoms with van der Waals surface area (Å²) < 4.78 is 10.1. The first-order chi connectivity index (χ1) is 11.0. The number of rotatable bonds is 5. The first-order valence-electron chi connectivity index (χ1n) is 6.56. The van der Waals surface area contributed by atoms with Gasteiger partial charge in [-0.05, 0) is 42.5 Å². The van der Waals surface area contributed by atoms with E-state index in [9.17, 15) is 9.59 Å². The maximum Gasteiger partial charge on any atom is 0.343 e. The third-order valence-electron chi connectivity index (χ3n) is 2.79. The van der Waals surface area contributed by atoms with Crippen LogP contribution in [0.25, 0.3) is 0 Å². The van der Waals surface area contributed by atoms with E-state index in [1.54, 1.807) is 0 Å². The van der Waals surface area contributed by atoms with Gasteiger partial charge in [0, 0.05) is 0 Å². The molecule has 0 aliphatic rings. The second kappa shape index (κ2) is 7.81. The third kappa shape index (κ3) is 4.58. The van der Waals surface area contributed by atoms with Crippen molar-refractivity contribution in [3.05, 3.63) is 76.3 Å². The highest BCUT2D eigenvalue weighted by molar-refractivity contribution is 6.42. The molecule has 6 heteroatoms. The predicted octanol–water partition coefficient (Wildman–Crippen LogP) is 4.56. The van der Waals surface area contributed by atoms with Crippen LogP contribution < -0.4 is 4.74 Å². The van der Waals surface area contributed by atoms with Crippen molar-refractivity contribution >= 4 is 35.1 Å². The van der Waals surface area contributed by atoms with Crippen molar-refractivity contribution in [2.45, 2.75) is 0 Å². The maximum atomic E-state index is 12.0. The second-order valence-electron chi connectivity index (χ2n) is 4.43. The molecule has 0 aliphatic carbocycles.